The molecule has 0 radical (unpaired) electrons. The van der Waals surface area contributed by atoms with Gasteiger partial charge < -0.3 is 15.2 Å². The van der Waals surface area contributed by atoms with Gasteiger partial charge in [-0.1, -0.05) is 0 Å². The SMILES string of the molecule is O=C(O)Cc1c(C(F)F)c[nH]c(=O)c1O. The van der Waals surface area contributed by atoms with Crippen molar-refractivity contribution < 1.29 is 23.8 Å². The van der Waals surface area contributed by atoms with E-state index >= 15 is 0 Å². The molecule has 0 atom stereocenters. The monoisotopic (exact) mass is 219 g/mol. The first-order chi connectivity index (χ1) is 6.93. The Labute approximate surface area is 82.0 Å². The topological polar surface area (TPSA) is 90.4 Å². The minimum atomic E-state index is -2.96. The van der Waals surface area contributed by atoms with Gasteiger partial charge in [-0.25, -0.2) is 8.78 Å². The summed E-state index contributed by atoms with van der Waals surface area (Å²) in [5.74, 6) is -2.38. The van der Waals surface area contributed by atoms with Gasteiger partial charge in [0, 0.05) is 17.3 Å². The minimum absolute atomic E-state index is 0.554. The number of carbonyl (C=O) groups is 1. The van der Waals surface area contributed by atoms with Crippen LogP contribution in [0.4, 0.5) is 8.78 Å². The van der Waals surface area contributed by atoms with Gasteiger partial charge >= 0.3 is 5.97 Å². The Balaban J connectivity index is 3.34. The zero-order chi connectivity index (χ0) is 11.6. The summed E-state index contributed by atoms with van der Waals surface area (Å²) in [4.78, 5) is 23.1. The van der Waals surface area contributed by atoms with Crippen molar-refractivity contribution >= 4 is 5.97 Å². The van der Waals surface area contributed by atoms with E-state index in [1.165, 1.54) is 0 Å². The molecular formula is C8H7F2NO4. The number of nitrogens with one attached hydrogen (secondary N) is 1. The predicted octanol–water partition coefficient (Wildman–Crippen LogP) is 0.645. The molecule has 15 heavy (non-hydrogen) atoms. The highest BCUT2D eigenvalue weighted by molar-refractivity contribution is 5.71. The molecule has 82 valence electrons. The number of rotatable bonds is 3. The number of carboxylic acids is 1. The summed E-state index contributed by atoms with van der Waals surface area (Å²) in [5, 5.41) is 17.6. The molecule has 0 saturated heterocycles. The molecule has 0 aliphatic carbocycles. The lowest BCUT2D eigenvalue weighted by molar-refractivity contribution is -0.136. The summed E-state index contributed by atoms with van der Waals surface area (Å²) in [7, 11) is 0. The molecule has 1 heterocycles. The third-order valence-electron chi connectivity index (χ3n) is 1.77. The van der Waals surface area contributed by atoms with Crippen LogP contribution in [-0.4, -0.2) is 21.2 Å². The molecule has 0 aliphatic heterocycles. The summed E-state index contributed by atoms with van der Waals surface area (Å²) in [6.45, 7) is 0. The van der Waals surface area contributed by atoms with Gasteiger partial charge in [0.25, 0.3) is 12.0 Å². The lowest BCUT2D eigenvalue weighted by Crippen LogP contribution is -2.13. The first kappa shape index (κ1) is 11.2. The summed E-state index contributed by atoms with van der Waals surface area (Å²) in [6, 6.07) is 0. The second-order valence-electron chi connectivity index (χ2n) is 2.77. The summed E-state index contributed by atoms with van der Waals surface area (Å²) in [6.07, 6.45) is -3.08. The number of aliphatic carboxylic acids is 1. The average molecular weight is 219 g/mol. The Bertz CT molecular complexity index is 441. The molecule has 0 aliphatic rings. The van der Waals surface area contributed by atoms with Gasteiger partial charge in [0.2, 0.25) is 0 Å². The van der Waals surface area contributed by atoms with E-state index < -0.39 is 41.3 Å². The molecule has 0 spiro atoms. The second-order valence-corrected chi connectivity index (χ2v) is 2.77. The van der Waals surface area contributed by atoms with E-state index in [9.17, 15) is 18.4 Å². The molecule has 1 aromatic rings. The van der Waals surface area contributed by atoms with Gasteiger partial charge in [-0.2, -0.15) is 0 Å². The van der Waals surface area contributed by atoms with Gasteiger partial charge in [0.1, 0.15) is 0 Å². The van der Waals surface area contributed by atoms with Crippen molar-refractivity contribution in [2.24, 2.45) is 0 Å². The molecule has 0 saturated carbocycles. The Hall–Kier alpha value is -1.92. The van der Waals surface area contributed by atoms with Crippen LogP contribution in [0.15, 0.2) is 11.0 Å². The van der Waals surface area contributed by atoms with E-state index in [1.54, 1.807) is 0 Å². The largest absolute Gasteiger partial charge is 0.503 e. The van der Waals surface area contributed by atoms with Gasteiger partial charge in [0.05, 0.1) is 6.42 Å². The molecule has 0 amide bonds. The van der Waals surface area contributed by atoms with E-state index in [4.69, 9.17) is 10.2 Å². The molecule has 5 nitrogen and oxygen atoms in total. The van der Waals surface area contributed by atoms with E-state index in [0.717, 1.165) is 0 Å². The summed E-state index contributed by atoms with van der Waals surface area (Å²) >= 11 is 0. The maximum Gasteiger partial charge on any atom is 0.307 e. The molecule has 0 fully saturated rings. The van der Waals surface area contributed by atoms with Crippen molar-refractivity contribution in [3.63, 3.8) is 0 Å². The van der Waals surface area contributed by atoms with Gasteiger partial charge in [-0.15, -0.1) is 0 Å². The van der Waals surface area contributed by atoms with E-state index in [2.05, 4.69) is 0 Å². The van der Waals surface area contributed by atoms with Crippen LogP contribution in [0.2, 0.25) is 0 Å². The maximum atomic E-state index is 12.4. The highest BCUT2D eigenvalue weighted by atomic mass is 19.3. The first-order valence-corrected chi connectivity index (χ1v) is 3.87. The number of halogens is 2. The van der Waals surface area contributed by atoms with Crippen molar-refractivity contribution in [3.05, 3.63) is 27.7 Å². The highest BCUT2D eigenvalue weighted by Crippen LogP contribution is 2.26. The van der Waals surface area contributed by atoms with Crippen LogP contribution >= 0.6 is 0 Å². The van der Waals surface area contributed by atoms with Crippen LogP contribution in [0.3, 0.4) is 0 Å². The number of carboxylic acid groups (broad SMARTS) is 1. The number of aromatic hydroxyl groups is 1. The number of hydrogen-bond donors (Lipinski definition) is 3. The normalized spacial score (nSPS) is 10.6. The van der Waals surface area contributed by atoms with Crippen molar-refractivity contribution in [1.82, 2.24) is 4.98 Å². The van der Waals surface area contributed by atoms with Crippen molar-refractivity contribution in [2.45, 2.75) is 12.8 Å². The third kappa shape index (κ3) is 2.30. The standard InChI is InChI=1S/C8H7F2NO4/c9-7(10)4-2-11-8(15)6(14)3(4)1-5(12)13/h2,7,14H,1H2,(H,11,15)(H,12,13). The lowest BCUT2D eigenvalue weighted by atomic mass is 10.1. The Morgan fingerprint density at radius 3 is 2.60 bits per heavy atom. The fraction of sp³-hybridized carbons (Fsp3) is 0.250. The molecule has 0 unspecified atom stereocenters. The van der Waals surface area contributed by atoms with Crippen molar-refractivity contribution in [2.75, 3.05) is 0 Å². The van der Waals surface area contributed by atoms with Crippen LogP contribution < -0.4 is 5.56 Å². The van der Waals surface area contributed by atoms with Crippen LogP contribution in [0.25, 0.3) is 0 Å². The Kier molecular flexibility index (Phi) is 3.03. The number of hydrogen-bond acceptors (Lipinski definition) is 3. The fourth-order valence-corrected chi connectivity index (χ4v) is 1.10. The van der Waals surface area contributed by atoms with E-state index in [-0.39, 0.29) is 0 Å². The maximum absolute atomic E-state index is 12.4. The number of aromatic amines is 1. The van der Waals surface area contributed by atoms with Crippen LogP contribution in [0.1, 0.15) is 17.6 Å². The number of aromatic nitrogens is 1. The van der Waals surface area contributed by atoms with Crippen molar-refractivity contribution in [3.8, 4) is 5.75 Å². The minimum Gasteiger partial charge on any atom is -0.503 e. The molecule has 1 aromatic heterocycles. The van der Waals surface area contributed by atoms with Crippen molar-refractivity contribution in [1.29, 1.82) is 0 Å². The predicted molar refractivity (Wildman–Crippen MR) is 45.0 cm³/mol. The summed E-state index contributed by atoms with van der Waals surface area (Å²) in [5.41, 5.74) is -2.23. The van der Waals surface area contributed by atoms with E-state index in [1.807, 2.05) is 4.98 Å². The Morgan fingerprint density at radius 1 is 1.53 bits per heavy atom. The van der Waals surface area contributed by atoms with Crippen LogP contribution in [-0.2, 0) is 11.2 Å². The molecule has 7 heteroatoms. The van der Waals surface area contributed by atoms with Crippen LogP contribution in [0, 0.1) is 0 Å². The van der Waals surface area contributed by atoms with Gasteiger partial charge in [0.15, 0.2) is 5.75 Å². The van der Waals surface area contributed by atoms with Gasteiger partial charge in [-0.3, -0.25) is 9.59 Å². The molecule has 1 rings (SSSR count). The summed E-state index contributed by atoms with van der Waals surface area (Å²) < 4.78 is 24.7. The van der Waals surface area contributed by atoms with Crippen LogP contribution in [0.5, 0.6) is 5.75 Å². The average Bonchev–Trinajstić information content (AvgIpc) is 2.12. The fourth-order valence-electron chi connectivity index (χ4n) is 1.10. The zero-order valence-electron chi connectivity index (χ0n) is 7.33. The zero-order valence-corrected chi connectivity index (χ0v) is 7.33. The Morgan fingerprint density at radius 2 is 2.13 bits per heavy atom. The lowest BCUT2D eigenvalue weighted by Gasteiger charge is -2.07. The number of H-pyrrole nitrogens is 1. The second kappa shape index (κ2) is 4.07. The molecule has 0 aromatic carbocycles. The molecule has 0 bridgehead atoms. The van der Waals surface area contributed by atoms with Gasteiger partial charge in [-0.05, 0) is 0 Å². The quantitative estimate of drug-likeness (QED) is 0.695. The highest BCUT2D eigenvalue weighted by Gasteiger charge is 2.20. The molecular weight excluding hydrogens is 212 g/mol. The first-order valence-electron chi connectivity index (χ1n) is 3.87. The van der Waals surface area contributed by atoms with E-state index in [0.29, 0.717) is 6.20 Å². The molecule has 3 N–H and O–H groups in total. The number of pyridine rings is 1. The third-order valence-corrected chi connectivity index (χ3v) is 1.77. The smallest absolute Gasteiger partial charge is 0.307 e. The number of alkyl halides is 2.